The summed E-state index contributed by atoms with van der Waals surface area (Å²) in [6, 6.07) is 8.18. The van der Waals surface area contributed by atoms with E-state index in [1.807, 2.05) is 18.2 Å². The number of nitrogens with one attached hydrogen (secondary N) is 1. The molecule has 1 aliphatic rings. The molecule has 110 valence electrons. The van der Waals surface area contributed by atoms with Crippen molar-refractivity contribution in [1.82, 2.24) is 9.97 Å². The van der Waals surface area contributed by atoms with E-state index in [1.165, 1.54) is 18.4 Å². The van der Waals surface area contributed by atoms with E-state index in [4.69, 9.17) is 4.98 Å². The van der Waals surface area contributed by atoms with Crippen LogP contribution < -0.4 is 5.56 Å². The molecule has 0 saturated heterocycles. The van der Waals surface area contributed by atoms with Crippen molar-refractivity contribution in [2.75, 3.05) is 0 Å². The molecule has 2 aromatic rings. The number of rotatable bonds is 3. The highest BCUT2D eigenvalue weighted by molar-refractivity contribution is 14.1. The molecule has 0 atom stereocenters. The summed E-state index contributed by atoms with van der Waals surface area (Å²) >= 11 is 2.14. The fourth-order valence-corrected chi connectivity index (χ4v) is 3.83. The number of benzene rings is 1. The van der Waals surface area contributed by atoms with Gasteiger partial charge in [0.05, 0.1) is 9.26 Å². The SMILES string of the molecule is CCc1ccccc1-c1nc(C2CCCC2)c(I)c(=O)[nH]1. The Bertz CT molecular complexity index is 702. The van der Waals surface area contributed by atoms with E-state index in [9.17, 15) is 4.79 Å². The van der Waals surface area contributed by atoms with Crippen LogP contribution in [0.2, 0.25) is 0 Å². The highest BCUT2D eigenvalue weighted by Gasteiger charge is 2.23. The Balaban J connectivity index is 2.13. The summed E-state index contributed by atoms with van der Waals surface area (Å²) in [5, 5.41) is 0. The predicted molar refractivity (Wildman–Crippen MR) is 93.6 cm³/mol. The molecule has 21 heavy (non-hydrogen) atoms. The third-order valence-corrected chi connectivity index (χ3v) is 5.33. The molecule has 1 saturated carbocycles. The van der Waals surface area contributed by atoms with E-state index < -0.39 is 0 Å². The fraction of sp³-hybridized carbons (Fsp3) is 0.412. The maximum Gasteiger partial charge on any atom is 0.264 e. The van der Waals surface area contributed by atoms with Gasteiger partial charge < -0.3 is 4.98 Å². The van der Waals surface area contributed by atoms with Gasteiger partial charge in [0.25, 0.3) is 5.56 Å². The first-order valence-electron chi connectivity index (χ1n) is 7.58. The number of H-pyrrole nitrogens is 1. The third kappa shape index (κ3) is 2.91. The summed E-state index contributed by atoms with van der Waals surface area (Å²) in [7, 11) is 0. The van der Waals surface area contributed by atoms with Crippen molar-refractivity contribution in [2.24, 2.45) is 0 Å². The zero-order valence-electron chi connectivity index (χ0n) is 12.2. The monoisotopic (exact) mass is 394 g/mol. The number of aromatic amines is 1. The summed E-state index contributed by atoms with van der Waals surface area (Å²) in [6.45, 7) is 2.13. The molecule has 0 amide bonds. The number of hydrogen-bond donors (Lipinski definition) is 1. The summed E-state index contributed by atoms with van der Waals surface area (Å²) < 4.78 is 0.761. The van der Waals surface area contributed by atoms with E-state index in [2.05, 4.69) is 40.6 Å². The summed E-state index contributed by atoms with van der Waals surface area (Å²) in [5.41, 5.74) is 3.26. The van der Waals surface area contributed by atoms with Gasteiger partial charge in [-0.3, -0.25) is 4.79 Å². The minimum atomic E-state index is -0.00611. The average Bonchev–Trinajstić information content (AvgIpc) is 3.04. The van der Waals surface area contributed by atoms with Crippen LogP contribution in [0.25, 0.3) is 11.4 Å². The molecule has 0 aliphatic heterocycles. The Labute approximate surface area is 138 Å². The van der Waals surface area contributed by atoms with Crippen molar-refractivity contribution in [1.29, 1.82) is 0 Å². The lowest BCUT2D eigenvalue weighted by Crippen LogP contribution is -2.18. The van der Waals surface area contributed by atoms with Crippen LogP contribution in [-0.4, -0.2) is 9.97 Å². The van der Waals surface area contributed by atoms with Gasteiger partial charge >= 0.3 is 0 Å². The Morgan fingerprint density at radius 3 is 2.71 bits per heavy atom. The Morgan fingerprint density at radius 1 is 1.29 bits per heavy atom. The molecule has 1 aromatic carbocycles. The fourth-order valence-electron chi connectivity index (χ4n) is 3.13. The average molecular weight is 394 g/mol. The quantitative estimate of drug-likeness (QED) is 0.791. The normalized spacial score (nSPS) is 15.5. The van der Waals surface area contributed by atoms with E-state index in [1.54, 1.807) is 0 Å². The molecule has 0 spiro atoms. The zero-order chi connectivity index (χ0) is 14.8. The highest BCUT2D eigenvalue weighted by Crippen LogP contribution is 2.35. The van der Waals surface area contributed by atoms with Gasteiger partial charge in [0.15, 0.2) is 0 Å². The first kappa shape index (κ1) is 14.8. The molecule has 3 rings (SSSR count). The topological polar surface area (TPSA) is 45.8 Å². The summed E-state index contributed by atoms with van der Waals surface area (Å²) in [6.07, 6.45) is 5.74. The second kappa shape index (κ2) is 6.30. The number of hydrogen-bond acceptors (Lipinski definition) is 2. The molecular weight excluding hydrogens is 375 g/mol. The molecule has 1 heterocycles. The van der Waals surface area contributed by atoms with Crippen molar-refractivity contribution < 1.29 is 0 Å². The van der Waals surface area contributed by atoms with Crippen molar-refractivity contribution >= 4 is 22.6 Å². The lowest BCUT2D eigenvalue weighted by Gasteiger charge is -2.13. The second-order valence-corrected chi connectivity index (χ2v) is 6.68. The second-order valence-electron chi connectivity index (χ2n) is 5.61. The molecule has 1 fully saturated rings. The van der Waals surface area contributed by atoms with E-state index in [-0.39, 0.29) is 5.56 Å². The van der Waals surface area contributed by atoms with Crippen LogP contribution in [0.1, 0.15) is 49.8 Å². The smallest absolute Gasteiger partial charge is 0.264 e. The molecule has 3 nitrogen and oxygen atoms in total. The largest absolute Gasteiger partial charge is 0.306 e. The van der Waals surface area contributed by atoms with E-state index in [0.717, 1.165) is 39.9 Å². The number of halogens is 1. The number of aromatic nitrogens is 2. The Hall–Kier alpha value is -1.17. The molecular formula is C17H19IN2O. The Morgan fingerprint density at radius 2 is 2.00 bits per heavy atom. The summed E-state index contributed by atoms with van der Waals surface area (Å²) in [4.78, 5) is 20.1. The number of nitrogens with zero attached hydrogens (tertiary/aromatic N) is 1. The standard InChI is InChI=1S/C17H19IN2O/c1-2-11-7-5-6-10-13(11)16-19-15(12-8-3-4-9-12)14(18)17(21)20-16/h5-7,10,12H,2-4,8-9H2,1H3,(H,19,20,21). The first-order valence-corrected chi connectivity index (χ1v) is 8.66. The third-order valence-electron chi connectivity index (χ3n) is 4.28. The molecule has 0 bridgehead atoms. The van der Waals surface area contributed by atoms with Gasteiger partial charge in [-0.1, -0.05) is 44.0 Å². The van der Waals surface area contributed by atoms with E-state index in [0.29, 0.717) is 5.92 Å². The van der Waals surface area contributed by atoms with Crippen LogP contribution in [0.5, 0.6) is 0 Å². The van der Waals surface area contributed by atoms with Crippen molar-refractivity contribution in [3.8, 4) is 11.4 Å². The molecule has 4 heteroatoms. The molecule has 1 aliphatic carbocycles. The van der Waals surface area contributed by atoms with Crippen LogP contribution in [0.15, 0.2) is 29.1 Å². The van der Waals surface area contributed by atoms with Crippen LogP contribution in [0, 0.1) is 3.57 Å². The van der Waals surface area contributed by atoms with Crippen molar-refractivity contribution in [3.05, 3.63) is 49.4 Å². The Kier molecular flexibility index (Phi) is 4.42. The molecule has 0 radical (unpaired) electrons. The molecule has 0 unspecified atom stereocenters. The lowest BCUT2D eigenvalue weighted by molar-refractivity contribution is 0.687. The van der Waals surface area contributed by atoms with Crippen LogP contribution in [0.3, 0.4) is 0 Å². The molecule has 1 N–H and O–H groups in total. The van der Waals surface area contributed by atoms with Gasteiger partial charge in [-0.05, 0) is 47.4 Å². The zero-order valence-corrected chi connectivity index (χ0v) is 14.3. The predicted octanol–water partition coefficient (Wildman–Crippen LogP) is 4.26. The summed E-state index contributed by atoms with van der Waals surface area (Å²) in [5.74, 6) is 1.17. The van der Waals surface area contributed by atoms with Crippen LogP contribution in [-0.2, 0) is 6.42 Å². The van der Waals surface area contributed by atoms with Gasteiger partial charge in [-0.25, -0.2) is 4.98 Å². The number of aryl methyl sites for hydroxylation is 1. The minimum Gasteiger partial charge on any atom is -0.306 e. The molecule has 1 aromatic heterocycles. The van der Waals surface area contributed by atoms with Crippen molar-refractivity contribution in [2.45, 2.75) is 44.9 Å². The van der Waals surface area contributed by atoms with Gasteiger partial charge in [-0.15, -0.1) is 0 Å². The van der Waals surface area contributed by atoms with Gasteiger partial charge in [-0.2, -0.15) is 0 Å². The van der Waals surface area contributed by atoms with Gasteiger partial charge in [0.1, 0.15) is 5.82 Å². The van der Waals surface area contributed by atoms with Gasteiger partial charge in [0, 0.05) is 11.5 Å². The highest BCUT2D eigenvalue weighted by atomic mass is 127. The minimum absolute atomic E-state index is 0.00611. The maximum absolute atomic E-state index is 12.3. The lowest BCUT2D eigenvalue weighted by atomic mass is 10.0. The van der Waals surface area contributed by atoms with Crippen molar-refractivity contribution in [3.63, 3.8) is 0 Å². The first-order chi connectivity index (χ1) is 10.2. The van der Waals surface area contributed by atoms with Crippen LogP contribution in [0.4, 0.5) is 0 Å². The maximum atomic E-state index is 12.3. The van der Waals surface area contributed by atoms with Gasteiger partial charge in [0.2, 0.25) is 0 Å². The van der Waals surface area contributed by atoms with Crippen LogP contribution >= 0.6 is 22.6 Å². The van der Waals surface area contributed by atoms with E-state index >= 15 is 0 Å².